The van der Waals surface area contributed by atoms with E-state index in [1.165, 1.54) is 36.8 Å². The van der Waals surface area contributed by atoms with Gasteiger partial charge in [-0.2, -0.15) is 0 Å². The smallest absolute Gasteiger partial charge is 0.161 e. The average molecular weight is 754 g/mol. The van der Waals surface area contributed by atoms with Crippen LogP contribution in [0.15, 0.2) is 90.3 Å². The molecule has 5 aliphatic rings. The van der Waals surface area contributed by atoms with E-state index in [2.05, 4.69) is 83.5 Å². The fourth-order valence-electron chi connectivity index (χ4n) is 10.2. The third-order valence-electron chi connectivity index (χ3n) is 13.7. The summed E-state index contributed by atoms with van der Waals surface area (Å²) in [7, 11) is 0. The zero-order valence-electron chi connectivity index (χ0n) is 32.6. The fourth-order valence-corrected chi connectivity index (χ4v) is 10.2. The quantitative estimate of drug-likeness (QED) is 0.153. The molecule has 4 aliphatic heterocycles. The van der Waals surface area contributed by atoms with Crippen molar-refractivity contribution in [3.05, 3.63) is 113 Å². The number of rotatable bonds is 2. The summed E-state index contributed by atoms with van der Waals surface area (Å²) in [6.45, 7) is 4.28. The van der Waals surface area contributed by atoms with Crippen LogP contribution in [0.3, 0.4) is 0 Å². The third-order valence-corrected chi connectivity index (χ3v) is 13.7. The van der Waals surface area contributed by atoms with Crippen LogP contribution in [0, 0.1) is 23.2 Å². The van der Waals surface area contributed by atoms with Gasteiger partial charge in [-0.3, -0.25) is 0 Å². The summed E-state index contributed by atoms with van der Waals surface area (Å²) in [6, 6.07) is 21.0. The van der Waals surface area contributed by atoms with Crippen molar-refractivity contribution in [1.82, 2.24) is 9.88 Å². The van der Waals surface area contributed by atoms with Crippen molar-refractivity contribution in [2.24, 2.45) is 17.1 Å². The molecule has 56 heavy (non-hydrogen) atoms. The maximum Gasteiger partial charge on any atom is 0.161 e. The minimum absolute atomic E-state index is 0.100. The van der Waals surface area contributed by atoms with Crippen molar-refractivity contribution >= 4 is 16.6 Å². The molecule has 1 spiro atoms. The lowest BCUT2D eigenvalue weighted by Crippen LogP contribution is -2.40. The lowest BCUT2D eigenvalue weighted by molar-refractivity contribution is 0.00805. The molecule has 8 nitrogen and oxygen atoms in total. The summed E-state index contributed by atoms with van der Waals surface area (Å²) in [5, 5.41) is 28.2. The number of aromatic hydroxyl groups is 1. The Morgan fingerprint density at radius 2 is 1.73 bits per heavy atom. The lowest BCUT2D eigenvalue weighted by atomic mass is 9.68. The molecule has 5 heterocycles. The molecule has 1 aliphatic carbocycles. The number of phenols is 1. The van der Waals surface area contributed by atoms with Gasteiger partial charge in [0.15, 0.2) is 11.5 Å². The van der Waals surface area contributed by atoms with Gasteiger partial charge < -0.3 is 40.0 Å². The van der Waals surface area contributed by atoms with E-state index in [0.29, 0.717) is 44.8 Å². The molecule has 2 fully saturated rings. The van der Waals surface area contributed by atoms with Gasteiger partial charge in [-0.15, -0.1) is 0 Å². The van der Waals surface area contributed by atoms with Crippen LogP contribution in [0.5, 0.6) is 11.5 Å². The number of phenolic OH excluding ortho intramolecular Hbond substituents is 1. The number of nitrogens with two attached hydrogens (primary N) is 1. The Labute approximate surface area is 330 Å². The predicted octanol–water partition coefficient (Wildman–Crippen LogP) is 8.08. The van der Waals surface area contributed by atoms with Crippen molar-refractivity contribution in [2.75, 3.05) is 19.8 Å². The first-order chi connectivity index (χ1) is 27.3. The first-order valence-electron chi connectivity index (χ1n) is 20.8. The van der Waals surface area contributed by atoms with E-state index in [1.54, 1.807) is 6.07 Å². The standard InChI is InChI=1S/C48H55N3O5/c1-32-9-12-34-26-45(49)50-46-42(34)31-55-40(15-18-47(32)16-5-6-17-47)27-39(52)13-10-33-11-14-43(53)44(23-33)56-30-36-25-38(24-35-28-51(46)29-41(35)36)48(19-21-54-22-20-48)37-7-3-2-4-8-37/h2-4,7-8,11,14,23-26,28-29,32,39-40,45,50,52-53H,5-6,10,13,15-22,27,30-31,49H2,1H3/t32-,39+,40-,45?/m0/s1. The monoisotopic (exact) mass is 753 g/mol. The highest BCUT2D eigenvalue weighted by Gasteiger charge is 2.40. The van der Waals surface area contributed by atoms with Crippen molar-refractivity contribution in [3.8, 4) is 23.3 Å². The van der Waals surface area contributed by atoms with Gasteiger partial charge in [0.25, 0.3) is 0 Å². The Balaban J connectivity index is 1.23. The highest BCUT2D eigenvalue weighted by Crippen LogP contribution is 2.49. The number of hydrogen-bond acceptors (Lipinski definition) is 7. The number of ether oxygens (including phenoxy) is 3. The number of aromatic nitrogens is 1. The lowest BCUT2D eigenvalue weighted by Gasteiger charge is -2.39. The summed E-state index contributed by atoms with van der Waals surface area (Å²) in [5.41, 5.74) is 13.1. The summed E-state index contributed by atoms with van der Waals surface area (Å²) < 4.78 is 21.5. The number of nitrogens with one attached hydrogen (secondary N) is 1. The summed E-state index contributed by atoms with van der Waals surface area (Å²) in [6.07, 6.45) is 15.6. The minimum Gasteiger partial charge on any atom is -0.504 e. The van der Waals surface area contributed by atoms with Crippen LogP contribution in [0.2, 0.25) is 0 Å². The Morgan fingerprint density at radius 3 is 2.55 bits per heavy atom. The third kappa shape index (κ3) is 7.16. The number of benzene rings is 3. The average Bonchev–Trinajstić information content (AvgIpc) is 3.88. The van der Waals surface area contributed by atoms with E-state index in [4.69, 9.17) is 19.9 Å². The van der Waals surface area contributed by atoms with Crippen LogP contribution < -0.4 is 15.8 Å². The molecule has 0 amide bonds. The van der Waals surface area contributed by atoms with Gasteiger partial charge in [0.1, 0.15) is 12.4 Å². The number of aliphatic hydroxyl groups excluding tert-OH is 1. The highest BCUT2D eigenvalue weighted by molar-refractivity contribution is 5.88. The van der Waals surface area contributed by atoms with Crippen LogP contribution in [-0.4, -0.2) is 53.0 Å². The molecule has 8 heteroatoms. The zero-order chi connectivity index (χ0) is 38.3. The van der Waals surface area contributed by atoms with E-state index >= 15 is 0 Å². The molecular weight excluding hydrogens is 699 g/mol. The van der Waals surface area contributed by atoms with Gasteiger partial charge in [-0.05, 0) is 110 Å². The molecule has 292 valence electrons. The first kappa shape index (κ1) is 37.1. The van der Waals surface area contributed by atoms with Crippen molar-refractivity contribution < 1.29 is 24.4 Å². The molecule has 1 saturated carbocycles. The van der Waals surface area contributed by atoms with Crippen LogP contribution in [-0.2, 0) is 27.9 Å². The van der Waals surface area contributed by atoms with E-state index in [-0.39, 0.29) is 35.2 Å². The molecule has 4 atom stereocenters. The molecular formula is C48H55N3O5. The zero-order valence-corrected chi connectivity index (χ0v) is 32.6. The first-order valence-corrected chi connectivity index (χ1v) is 20.8. The van der Waals surface area contributed by atoms with Crippen molar-refractivity contribution in [3.63, 3.8) is 0 Å². The number of aryl methyl sites for hydroxylation is 1. The minimum atomic E-state index is -0.540. The van der Waals surface area contributed by atoms with Gasteiger partial charge in [0.05, 0.1) is 25.0 Å². The van der Waals surface area contributed by atoms with Crippen LogP contribution in [0.4, 0.5) is 0 Å². The van der Waals surface area contributed by atoms with Gasteiger partial charge >= 0.3 is 0 Å². The predicted molar refractivity (Wildman–Crippen MR) is 220 cm³/mol. The largest absolute Gasteiger partial charge is 0.504 e. The Bertz CT molecular complexity index is 2200. The molecule has 6 bridgehead atoms. The number of dihydropyridines is 1. The van der Waals surface area contributed by atoms with Gasteiger partial charge in [-0.25, -0.2) is 0 Å². The van der Waals surface area contributed by atoms with Crippen LogP contribution >= 0.6 is 0 Å². The van der Waals surface area contributed by atoms with Gasteiger partial charge in [0, 0.05) is 58.9 Å². The second-order valence-corrected chi connectivity index (χ2v) is 17.0. The Kier molecular flexibility index (Phi) is 10.2. The summed E-state index contributed by atoms with van der Waals surface area (Å²) >= 11 is 0. The second kappa shape index (κ2) is 15.4. The topological polar surface area (TPSA) is 111 Å². The maximum absolute atomic E-state index is 11.5. The van der Waals surface area contributed by atoms with Crippen molar-refractivity contribution in [2.45, 2.75) is 108 Å². The van der Waals surface area contributed by atoms with E-state index < -0.39 is 12.3 Å². The fraction of sp³-hybridized carbons (Fsp3) is 0.458. The SMILES string of the molecule is C[C@H]1C#CC2=CC(N)NC3=C2CO[C@@H](CCC12CCCC2)C[C@H](O)CCc1ccc(O)c(c1)OCc1cc(C2(c4ccccc4)CCOCC2)cc2cn3cc12. The number of hydrogen-bond donors (Lipinski definition) is 4. The van der Waals surface area contributed by atoms with E-state index in [1.807, 2.05) is 18.2 Å². The van der Waals surface area contributed by atoms with Crippen molar-refractivity contribution in [1.29, 1.82) is 0 Å². The molecule has 3 aromatic carbocycles. The number of aliphatic hydroxyl groups is 1. The molecule has 9 rings (SSSR count). The maximum atomic E-state index is 11.5. The Hall–Kier alpha value is -4.52. The number of fused-ring (bicyclic) bond motifs is 6. The molecule has 1 aromatic heterocycles. The Morgan fingerprint density at radius 1 is 0.911 bits per heavy atom. The molecule has 4 aromatic rings. The normalized spacial score (nSPS) is 26.3. The van der Waals surface area contributed by atoms with E-state index in [9.17, 15) is 10.2 Å². The molecule has 1 saturated heterocycles. The number of nitrogens with zero attached hydrogens (tertiary/aromatic N) is 1. The molecule has 0 radical (unpaired) electrons. The summed E-state index contributed by atoms with van der Waals surface area (Å²) in [4.78, 5) is 0. The second-order valence-electron chi connectivity index (χ2n) is 17.0. The molecule has 1 unspecified atom stereocenters. The van der Waals surface area contributed by atoms with Crippen LogP contribution in [0.1, 0.15) is 93.4 Å². The van der Waals surface area contributed by atoms with Gasteiger partial charge in [-0.1, -0.05) is 74.1 Å². The van der Waals surface area contributed by atoms with E-state index in [0.717, 1.165) is 64.5 Å². The van der Waals surface area contributed by atoms with Crippen LogP contribution in [0.25, 0.3) is 16.6 Å². The van der Waals surface area contributed by atoms with Gasteiger partial charge in [0.2, 0.25) is 0 Å². The molecule has 5 N–H and O–H groups in total. The summed E-state index contributed by atoms with van der Waals surface area (Å²) in [5.74, 6) is 8.97. The highest BCUT2D eigenvalue weighted by atomic mass is 16.5.